The molecule has 5 N–H and O–H groups in total. The third-order valence-corrected chi connectivity index (χ3v) is 2.96. The van der Waals surface area contributed by atoms with Crippen LogP contribution in [0.25, 0.3) is 0 Å². The molecule has 2 heterocycles. The van der Waals surface area contributed by atoms with Crippen molar-refractivity contribution >= 4 is 5.95 Å². The molecule has 0 spiro atoms. The molecule has 4 atom stereocenters. The second-order valence-electron chi connectivity index (χ2n) is 4.11. The molecular weight excluding hydrogens is 258 g/mol. The zero-order valence-corrected chi connectivity index (χ0v) is 10.1. The van der Waals surface area contributed by atoms with E-state index in [9.17, 15) is 15.0 Å². The summed E-state index contributed by atoms with van der Waals surface area (Å²) in [6, 6.07) is 0. The van der Waals surface area contributed by atoms with Gasteiger partial charge in [0.15, 0.2) is 6.23 Å². The normalized spacial score (nSPS) is 30.5. The fourth-order valence-corrected chi connectivity index (χ4v) is 1.92. The highest BCUT2D eigenvalue weighted by Gasteiger charge is 2.43. The van der Waals surface area contributed by atoms with Gasteiger partial charge >= 0.3 is 5.56 Å². The van der Waals surface area contributed by atoms with Crippen molar-refractivity contribution in [3.63, 3.8) is 0 Å². The number of hydrogen-bond donors (Lipinski definition) is 4. The number of nitrogens with zero attached hydrogens (tertiary/aromatic N) is 2. The lowest BCUT2D eigenvalue weighted by molar-refractivity contribution is -0.0525. The summed E-state index contributed by atoms with van der Waals surface area (Å²) in [4.78, 5) is 14.9. The predicted molar refractivity (Wildman–Crippen MR) is 62.5 cm³/mol. The van der Waals surface area contributed by atoms with Crippen LogP contribution in [0.2, 0.25) is 0 Å². The van der Waals surface area contributed by atoms with E-state index >= 15 is 0 Å². The Morgan fingerprint density at radius 1 is 1.53 bits per heavy atom. The van der Waals surface area contributed by atoms with Crippen LogP contribution in [0.3, 0.4) is 0 Å². The molecule has 2 rings (SSSR count). The van der Waals surface area contributed by atoms with Gasteiger partial charge < -0.3 is 30.5 Å². The zero-order chi connectivity index (χ0) is 14.2. The number of aliphatic hydroxyl groups excluding tert-OH is 3. The van der Waals surface area contributed by atoms with Gasteiger partial charge in [0.05, 0.1) is 19.9 Å². The van der Waals surface area contributed by atoms with Gasteiger partial charge in [0.2, 0.25) is 11.7 Å². The van der Waals surface area contributed by atoms with Gasteiger partial charge in [-0.2, -0.15) is 4.98 Å². The zero-order valence-electron chi connectivity index (χ0n) is 10.1. The van der Waals surface area contributed by atoms with Crippen molar-refractivity contribution in [3.8, 4) is 5.75 Å². The Morgan fingerprint density at radius 2 is 2.21 bits per heavy atom. The van der Waals surface area contributed by atoms with Gasteiger partial charge in [0.25, 0.3) is 0 Å². The average molecular weight is 273 g/mol. The highest BCUT2D eigenvalue weighted by Crippen LogP contribution is 2.30. The van der Waals surface area contributed by atoms with Crippen LogP contribution in [-0.4, -0.2) is 56.9 Å². The van der Waals surface area contributed by atoms with E-state index in [4.69, 9.17) is 20.3 Å². The van der Waals surface area contributed by atoms with Gasteiger partial charge in [0, 0.05) is 0 Å². The minimum Gasteiger partial charge on any atom is -0.490 e. The minimum absolute atomic E-state index is 0.0769. The van der Waals surface area contributed by atoms with Crippen molar-refractivity contribution < 1.29 is 24.8 Å². The van der Waals surface area contributed by atoms with E-state index in [1.54, 1.807) is 0 Å². The molecule has 0 amide bonds. The average Bonchev–Trinajstić information content (AvgIpc) is 2.67. The van der Waals surface area contributed by atoms with Gasteiger partial charge in [0.1, 0.15) is 18.3 Å². The molecule has 106 valence electrons. The third kappa shape index (κ3) is 2.28. The van der Waals surface area contributed by atoms with Crippen molar-refractivity contribution in [1.29, 1.82) is 0 Å². The standard InChI is InChI=1S/C10H15N3O6/c1-18-4-2-13(10(11)12-8(4)17)9-7(16)6(15)5(3-14)19-9/h2,5-7,9,14-16H,3H2,1H3,(H2,11,12,17)/t5-,6-,7-,9-/m1/s1. The highest BCUT2D eigenvalue weighted by molar-refractivity contribution is 5.25. The molecule has 9 heteroatoms. The summed E-state index contributed by atoms with van der Waals surface area (Å²) < 4.78 is 11.3. The van der Waals surface area contributed by atoms with E-state index in [0.29, 0.717) is 0 Å². The topological polar surface area (TPSA) is 140 Å². The number of rotatable bonds is 3. The molecule has 0 aliphatic carbocycles. The second kappa shape index (κ2) is 5.13. The lowest BCUT2D eigenvalue weighted by Gasteiger charge is -2.20. The van der Waals surface area contributed by atoms with E-state index in [0.717, 1.165) is 0 Å². The number of nitrogen functional groups attached to an aromatic ring is 1. The van der Waals surface area contributed by atoms with Gasteiger partial charge in [-0.3, -0.25) is 9.36 Å². The molecule has 19 heavy (non-hydrogen) atoms. The number of nitrogens with two attached hydrogens (primary N) is 1. The first-order chi connectivity index (χ1) is 8.99. The maximum atomic E-state index is 11.4. The molecule has 0 unspecified atom stereocenters. The van der Waals surface area contributed by atoms with Crippen LogP contribution in [0.5, 0.6) is 5.75 Å². The minimum atomic E-state index is -1.31. The fraction of sp³-hybridized carbons (Fsp3) is 0.600. The van der Waals surface area contributed by atoms with Crippen molar-refractivity contribution in [3.05, 3.63) is 16.6 Å². The molecule has 0 aromatic carbocycles. The van der Waals surface area contributed by atoms with Gasteiger partial charge in [-0.1, -0.05) is 0 Å². The largest absolute Gasteiger partial charge is 0.490 e. The molecule has 0 bridgehead atoms. The first kappa shape index (κ1) is 13.7. The number of ether oxygens (including phenoxy) is 2. The SMILES string of the molecule is COc1cn([C@@H]2O[C@H](CO)[C@@H](O)[C@H]2O)c(N)nc1=O. The van der Waals surface area contributed by atoms with Gasteiger partial charge in [-0.05, 0) is 0 Å². The lowest BCUT2D eigenvalue weighted by atomic mass is 10.1. The van der Waals surface area contributed by atoms with E-state index in [2.05, 4.69) is 4.98 Å². The Hall–Kier alpha value is -1.68. The number of anilines is 1. The van der Waals surface area contributed by atoms with Gasteiger partial charge in [-0.25, -0.2) is 0 Å². The molecule has 0 saturated carbocycles. The number of methoxy groups -OCH3 is 1. The number of aliphatic hydroxyl groups is 3. The fourth-order valence-electron chi connectivity index (χ4n) is 1.92. The van der Waals surface area contributed by atoms with E-state index in [1.165, 1.54) is 17.9 Å². The Balaban J connectivity index is 2.40. The first-order valence-corrected chi connectivity index (χ1v) is 5.54. The molecule has 0 radical (unpaired) electrons. The predicted octanol–water partition coefficient (Wildman–Crippen LogP) is -2.55. The summed E-state index contributed by atoms with van der Waals surface area (Å²) >= 11 is 0. The third-order valence-electron chi connectivity index (χ3n) is 2.96. The van der Waals surface area contributed by atoms with Crippen LogP contribution in [0.1, 0.15) is 6.23 Å². The molecule has 9 nitrogen and oxygen atoms in total. The van der Waals surface area contributed by atoms with Crippen LogP contribution in [-0.2, 0) is 4.74 Å². The summed E-state index contributed by atoms with van der Waals surface area (Å²) in [5.74, 6) is -0.271. The number of aromatic nitrogens is 2. The Kier molecular flexibility index (Phi) is 3.71. The monoisotopic (exact) mass is 273 g/mol. The maximum Gasteiger partial charge on any atom is 0.316 e. The van der Waals surface area contributed by atoms with E-state index in [-0.39, 0.29) is 11.7 Å². The second-order valence-corrected chi connectivity index (χ2v) is 4.11. The first-order valence-electron chi connectivity index (χ1n) is 5.54. The molecule has 1 aliphatic heterocycles. The van der Waals surface area contributed by atoms with Gasteiger partial charge in [-0.15, -0.1) is 0 Å². The molecular formula is C10H15N3O6. The molecule has 1 aromatic rings. The Morgan fingerprint density at radius 3 is 2.74 bits per heavy atom. The summed E-state index contributed by atoms with van der Waals surface area (Å²) in [6.45, 7) is -0.459. The van der Waals surface area contributed by atoms with Crippen LogP contribution in [0, 0.1) is 0 Å². The van der Waals surface area contributed by atoms with Crippen molar-refractivity contribution in [1.82, 2.24) is 9.55 Å². The Bertz CT molecular complexity index is 518. The Labute approximate surface area is 107 Å². The van der Waals surface area contributed by atoms with Crippen molar-refractivity contribution in [2.45, 2.75) is 24.5 Å². The van der Waals surface area contributed by atoms with E-state index < -0.39 is 36.7 Å². The van der Waals surface area contributed by atoms with Crippen LogP contribution < -0.4 is 16.0 Å². The summed E-state index contributed by atoms with van der Waals surface area (Å²) in [7, 11) is 1.29. The van der Waals surface area contributed by atoms with Crippen molar-refractivity contribution in [2.24, 2.45) is 0 Å². The highest BCUT2D eigenvalue weighted by atomic mass is 16.6. The van der Waals surface area contributed by atoms with Crippen molar-refractivity contribution in [2.75, 3.05) is 19.5 Å². The molecule has 1 aliphatic rings. The summed E-state index contributed by atoms with van der Waals surface area (Å²) in [6.07, 6.45) is -3.35. The quantitative estimate of drug-likeness (QED) is 0.471. The smallest absolute Gasteiger partial charge is 0.316 e. The molecule has 1 saturated heterocycles. The molecule has 1 aromatic heterocycles. The summed E-state index contributed by atoms with van der Waals surface area (Å²) in [5, 5.41) is 28.5. The van der Waals surface area contributed by atoms with E-state index in [1.807, 2.05) is 0 Å². The number of hydrogen-bond acceptors (Lipinski definition) is 8. The van der Waals surface area contributed by atoms with Crippen LogP contribution in [0.15, 0.2) is 11.0 Å². The lowest BCUT2D eigenvalue weighted by Crippen LogP contribution is -2.33. The summed E-state index contributed by atoms with van der Waals surface area (Å²) in [5.41, 5.74) is 4.93. The van der Waals surface area contributed by atoms with Crippen LogP contribution >= 0.6 is 0 Å². The maximum absolute atomic E-state index is 11.4. The van der Waals surface area contributed by atoms with Crippen LogP contribution in [0.4, 0.5) is 5.95 Å². The molecule has 1 fully saturated rings.